The lowest BCUT2D eigenvalue weighted by Gasteiger charge is -2.23. The van der Waals surface area contributed by atoms with E-state index >= 15 is 0 Å². The summed E-state index contributed by atoms with van der Waals surface area (Å²) >= 11 is 0. The lowest BCUT2D eigenvalue weighted by atomic mass is 10.1. The van der Waals surface area contributed by atoms with Crippen LogP contribution in [0.4, 0.5) is 0 Å². The molecule has 3 aromatic carbocycles. The summed E-state index contributed by atoms with van der Waals surface area (Å²) in [5.74, 6) is 3.43. The number of ether oxygens (including phenoxy) is 4. The number of hydrogen-bond acceptors (Lipinski definition) is 4. The van der Waals surface area contributed by atoms with Gasteiger partial charge in [-0.25, -0.2) is 0 Å². The molecule has 0 spiro atoms. The molecule has 0 heterocycles. The largest absolute Gasteiger partial charge is 0.493 e. The van der Waals surface area contributed by atoms with Crippen LogP contribution in [-0.2, 0) is 0 Å². The van der Waals surface area contributed by atoms with Gasteiger partial charge in [-0.3, -0.25) is 0 Å². The fourth-order valence-electron chi connectivity index (χ4n) is 6.33. The molecule has 0 aliphatic rings. The first-order valence-corrected chi connectivity index (χ1v) is 21.7. The molecular weight excluding hydrogens is 721 g/mol. The maximum absolute atomic E-state index is 6.25. The van der Waals surface area contributed by atoms with Crippen molar-refractivity contribution >= 4 is 24.3 Å². The topological polar surface area (TPSA) is 36.9 Å². The first-order chi connectivity index (χ1) is 27.2. The lowest BCUT2D eigenvalue weighted by Crippen LogP contribution is -2.35. The Morgan fingerprint density at radius 2 is 0.534 bits per heavy atom. The molecule has 0 amide bonds. The van der Waals surface area contributed by atoms with Crippen molar-refractivity contribution in [2.75, 3.05) is 137 Å². The Labute approximate surface area is 354 Å². The third-order valence-corrected chi connectivity index (χ3v) is 9.65. The van der Waals surface area contributed by atoms with Crippen LogP contribution >= 0.6 is 0 Å². The molecule has 3 rings (SSSR count). The highest BCUT2D eigenvalue weighted by atomic mass is 16.5. The molecule has 8 nitrogen and oxygen atoms in total. The highest BCUT2D eigenvalue weighted by molar-refractivity contribution is 5.74. The molecule has 58 heavy (non-hydrogen) atoms. The normalized spacial score (nSPS) is 12.8. The van der Waals surface area contributed by atoms with Crippen LogP contribution in [0, 0.1) is 0 Å². The van der Waals surface area contributed by atoms with Crippen LogP contribution in [-0.4, -0.2) is 155 Å². The van der Waals surface area contributed by atoms with Gasteiger partial charge < -0.3 is 36.9 Å². The summed E-state index contributed by atoms with van der Waals surface area (Å²) in [6, 6.07) is 21.2. The van der Waals surface area contributed by atoms with E-state index < -0.39 is 0 Å². The van der Waals surface area contributed by atoms with Crippen LogP contribution in [0.3, 0.4) is 0 Å². The van der Waals surface area contributed by atoms with Gasteiger partial charge in [0.25, 0.3) is 0 Å². The van der Waals surface area contributed by atoms with Crippen molar-refractivity contribution in [1.29, 1.82) is 0 Å². The third-order valence-electron chi connectivity index (χ3n) is 9.65. The van der Waals surface area contributed by atoms with E-state index in [1.807, 2.05) is 12.1 Å². The Morgan fingerprint density at radius 1 is 0.310 bits per heavy atom. The van der Waals surface area contributed by atoms with Gasteiger partial charge in [0.05, 0.1) is 137 Å². The van der Waals surface area contributed by atoms with Crippen molar-refractivity contribution in [3.8, 4) is 23.0 Å². The van der Waals surface area contributed by atoms with Gasteiger partial charge in [0.2, 0.25) is 0 Å². The molecule has 3 aromatic rings. The molecule has 0 saturated heterocycles. The van der Waals surface area contributed by atoms with E-state index in [4.69, 9.17) is 18.9 Å². The molecule has 0 bridgehead atoms. The van der Waals surface area contributed by atoms with E-state index in [2.05, 4.69) is 157 Å². The summed E-state index contributed by atoms with van der Waals surface area (Å²) in [4.78, 5) is 0. The quantitative estimate of drug-likeness (QED) is 0.0417. The zero-order valence-corrected chi connectivity index (χ0v) is 38.8. The average Bonchev–Trinajstić information content (AvgIpc) is 3.11. The van der Waals surface area contributed by atoms with Crippen LogP contribution < -0.4 is 18.9 Å². The maximum atomic E-state index is 6.25. The van der Waals surface area contributed by atoms with Gasteiger partial charge in [0, 0.05) is 12.1 Å². The SMILES string of the molecule is C[N+](C)(C)CCCCOc1cc(/C=C/c2ccc(/C=C/c3cc(OCCCC[N+](C)(C)C)cc(OCCCC[N+](C)(C)C)c3)cc2)cc(OCCCC[N+](C)(C)C)c1. The second kappa shape index (κ2) is 23.7. The predicted octanol–water partition coefficient (Wildman–Crippen LogP) is 9.49. The van der Waals surface area contributed by atoms with Crippen LogP contribution in [0.1, 0.15) is 73.6 Å². The number of benzene rings is 3. The Kier molecular flexibility index (Phi) is 19.8. The zero-order valence-electron chi connectivity index (χ0n) is 38.8. The summed E-state index contributed by atoms with van der Waals surface area (Å²) in [6.45, 7) is 7.34. The first kappa shape index (κ1) is 48.5. The predicted molar refractivity (Wildman–Crippen MR) is 248 cm³/mol. The van der Waals surface area contributed by atoms with Crippen molar-refractivity contribution in [2.24, 2.45) is 0 Å². The van der Waals surface area contributed by atoms with Gasteiger partial charge in [-0.15, -0.1) is 0 Å². The summed E-state index contributed by atoms with van der Waals surface area (Å²) in [5, 5.41) is 0. The molecule has 0 N–H and O–H groups in total. The van der Waals surface area contributed by atoms with Gasteiger partial charge in [-0.1, -0.05) is 48.6 Å². The first-order valence-electron chi connectivity index (χ1n) is 21.7. The van der Waals surface area contributed by atoms with E-state index in [1.165, 1.54) is 0 Å². The van der Waals surface area contributed by atoms with Crippen LogP contribution in [0.5, 0.6) is 23.0 Å². The summed E-state index contributed by atoms with van der Waals surface area (Å²) < 4.78 is 28.9. The number of rotatable bonds is 28. The van der Waals surface area contributed by atoms with Gasteiger partial charge in [-0.2, -0.15) is 0 Å². The molecule has 8 heteroatoms. The summed E-state index contributed by atoms with van der Waals surface area (Å²) in [7, 11) is 26.8. The molecule has 322 valence electrons. The Morgan fingerprint density at radius 3 is 0.759 bits per heavy atom. The van der Waals surface area contributed by atoms with Crippen molar-refractivity contribution in [3.63, 3.8) is 0 Å². The van der Waals surface area contributed by atoms with Gasteiger partial charge >= 0.3 is 0 Å². The van der Waals surface area contributed by atoms with Crippen LogP contribution in [0.2, 0.25) is 0 Å². The van der Waals surface area contributed by atoms with Crippen molar-refractivity contribution in [2.45, 2.75) is 51.4 Å². The molecule has 0 aliphatic heterocycles. The molecular formula is C50H82N4O4+4. The minimum absolute atomic E-state index is 0.699. The minimum Gasteiger partial charge on any atom is -0.493 e. The number of nitrogens with zero attached hydrogens (tertiary/aromatic N) is 4. The highest BCUT2D eigenvalue weighted by Crippen LogP contribution is 2.27. The van der Waals surface area contributed by atoms with Crippen LogP contribution in [0.25, 0.3) is 24.3 Å². The third kappa shape index (κ3) is 23.6. The fourth-order valence-corrected chi connectivity index (χ4v) is 6.33. The van der Waals surface area contributed by atoms with Gasteiger partial charge in [-0.05, 0) is 97.9 Å². The number of hydrogen-bond donors (Lipinski definition) is 0. The molecule has 0 atom stereocenters. The standard InChI is InChI=1S/C50H82N4O4/c1-51(2,3)29-13-17-33-55-47-37-45(38-48(41-47)56-34-18-14-30-52(4,5)6)27-25-43-21-23-44(24-22-43)26-28-46-39-49(57-35-19-15-31-53(7,8)9)42-50(40-46)58-36-20-16-32-54(10,11)12/h21-28,37-42H,13-20,29-36H2,1-12H3/q+4/b27-25+,28-26+. The van der Waals surface area contributed by atoms with Crippen molar-refractivity contribution in [1.82, 2.24) is 0 Å². The molecule has 0 radical (unpaired) electrons. The maximum Gasteiger partial charge on any atom is 0.123 e. The second-order valence-electron chi connectivity index (χ2n) is 20.1. The van der Waals surface area contributed by atoms with E-state index in [1.54, 1.807) is 0 Å². The van der Waals surface area contributed by atoms with Crippen LogP contribution in [0.15, 0.2) is 60.7 Å². The Balaban J connectivity index is 1.68. The van der Waals surface area contributed by atoms with E-state index in [0.717, 1.165) is 141 Å². The Bertz CT molecular complexity index is 1460. The zero-order chi connectivity index (χ0) is 42.7. The molecule has 0 aliphatic carbocycles. The van der Waals surface area contributed by atoms with E-state index in [0.29, 0.717) is 26.4 Å². The minimum atomic E-state index is 0.699. The second-order valence-corrected chi connectivity index (χ2v) is 20.1. The van der Waals surface area contributed by atoms with Crippen molar-refractivity contribution < 1.29 is 36.9 Å². The summed E-state index contributed by atoms with van der Waals surface area (Å²) in [5.41, 5.74) is 4.40. The Hall–Kier alpha value is -3.82. The average molecular weight is 803 g/mol. The molecule has 0 unspecified atom stereocenters. The lowest BCUT2D eigenvalue weighted by molar-refractivity contribution is -0.870. The van der Waals surface area contributed by atoms with Gasteiger partial charge in [0.15, 0.2) is 0 Å². The smallest absolute Gasteiger partial charge is 0.123 e. The van der Waals surface area contributed by atoms with E-state index in [-0.39, 0.29) is 0 Å². The number of quaternary nitrogens is 4. The van der Waals surface area contributed by atoms with E-state index in [9.17, 15) is 0 Å². The summed E-state index contributed by atoms with van der Waals surface area (Å²) in [6.07, 6.45) is 17.3. The molecule has 0 aromatic heterocycles. The monoisotopic (exact) mass is 803 g/mol. The van der Waals surface area contributed by atoms with Crippen molar-refractivity contribution in [3.05, 3.63) is 82.9 Å². The molecule has 0 saturated carbocycles. The number of unbranched alkanes of at least 4 members (excludes halogenated alkanes) is 4. The highest BCUT2D eigenvalue weighted by Gasteiger charge is 2.11. The molecule has 0 fully saturated rings. The fraction of sp³-hybridized carbons (Fsp3) is 0.560. The van der Waals surface area contributed by atoms with Gasteiger partial charge in [0.1, 0.15) is 23.0 Å².